The number of benzene rings is 2. The summed E-state index contributed by atoms with van der Waals surface area (Å²) in [5.74, 6) is 0.101. The molecule has 0 atom stereocenters. The number of aromatic nitrogens is 1. The number of carbonyl (C=O) groups excluding carboxylic acids is 1. The van der Waals surface area contributed by atoms with Crippen molar-refractivity contribution in [3.8, 4) is 0 Å². The van der Waals surface area contributed by atoms with E-state index < -0.39 is 0 Å². The summed E-state index contributed by atoms with van der Waals surface area (Å²) in [5, 5.41) is 3.57. The van der Waals surface area contributed by atoms with E-state index in [0.717, 1.165) is 24.0 Å². The van der Waals surface area contributed by atoms with Gasteiger partial charge in [-0.15, -0.1) is 0 Å². The molecule has 1 aromatic heterocycles. The Labute approximate surface area is 177 Å². The Morgan fingerprint density at radius 1 is 0.833 bits per heavy atom. The minimum Gasteiger partial charge on any atom is -0.360 e. The Bertz CT molecular complexity index is 1060. The second kappa shape index (κ2) is 9.75. The van der Waals surface area contributed by atoms with E-state index in [0.29, 0.717) is 11.3 Å². The highest BCUT2D eigenvalue weighted by Gasteiger charge is 2.19. The monoisotopic (exact) mass is 402 g/mol. The summed E-state index contributed by atoms with van der Waals surface area (Å²) < 4.78 is 0. The number of hydrogen-bond acceptors (Lipinski definition) is 2. The Hall–Kier alpha value is -2.88. The average molecular weight is 403 g/mol. The van der Waals surface area contributed by atoms with Gasteiger partial charge in [-0.2, -0.15) is 0 Å². The molecule has 1 heterocycles. The Balaban J connectivity index is 1.58. The number of rotatable bonds is 3. The molecule has 1 aliphatic rings. The van der Waals surface area contributed by atoms with Crippen molar-refractivity contribution < 1.29 is 4.79 Å². The van der Waals surface area contributed by atoms with Crippen molar-refractivity contribution in [3.05, 3.63) is 76.1 Å². The highest BCUT2D eigenvalue weighted by molar-refractivity contribution is 6.06. The Kier molecular flexibility index (Phi) is 6.63. The van der Waals surface area contributed by atoms with E-state index >= 15 is 0 Å². The first-order valence-corrected chi connectivity index (χ1v) is 11.2. The van der Waals surface area contributed by atoms with Crippen molar-refractivity contribution in [2.75, 3.05) is 5.32 Å². The zero-order chi connectivity index (χ0) is 20.8. The van der Waals surface area contributed by atoms with Gasteiger partial charge in [0.1, 0.15) is 5.56 Å². The van der Waals surface area contributed by atoms with E-state index in [-0.39, 0.29) is 16.9 Å². The van der Waals surface area contributed by atoms with Crippen LogP contribution in [0.25, 0.3) is 10.9 Å². The van der Waals surface area contributed by atoms with Crippen LogP contribution in [0.15, 0.2) is 59.5 Å². The number of fused-ring (bicyclic) bond motifs is 1. The first-order chi connectivity index (χ1) is 14.7. The third kappa shape index (κ3) is 4.64. The number of aromatic amines is 1. The van der Waals surface area contributed by atoms with Crippen molar-refractivity contribution in [1.29, 1.82) is 0 Å². The topological polar surface area (TPSA) is 62.0 Å². The molecule has 30 heavy (non-hydrogen) atoms. The van der Waals surface area contributed by atoms with Crippen LogP contribution in [0.4, 0.5) is 5.69 Å². The molecular formula is C26H30N2O2. The number of anilines is 1. The van der Waals surface area contributed by atoms with Gasteiger partial charge in [-0.05, 0) is 42.5 Å². The van der Waals surface area contributed by atoms with Gasteiger partial charge in [0.15, 0.2) is 0 Å². The van der Waals surface area contributed by atoms with Crippen molar-refractivity contribution in [2.45, 2.75) is 63.7 Å². The van der Waals surface area contributed by atoms with Crippen LogP contribution in [0.3, 0.4) is 0 Å². The molecule has 0 bridgehead atoms. The van der Waals surface area contributed by atoms with Gasteiger partial charge in [0.2, 0.25) is 5.43 Å². The predicted molar refractivity (Wildman–Crippen MR) is 123 cm³/mol. The molecule has 4 nitrogen and oxygen atoms in total. The van der Waals surface area contributed by atoms with E-state index in [1.165, 1.54) is 56.7 Å². The number of para-hydroxylation sites is 2. The molecule has 0 radical (unpaired) electrons. The van der Waals surface area contributed by atoms with Crippen LogP contribution in [0, 0.1) is 0 Å². The summed E-state index contributed by atoms with van der Waals surface area (Å²) >= 11 is 0. The molecule has 4 rings (SSSR count). The number of pyridine rings is 1. The van der Waals surface area contributed by atoms with E-state index in [9.17, 15) is 9.59 Å². The first-order valence-electron chi connectivity index (χ1n) is 11.2. The molecule has 3 aromatic rings. The zero-order valence-corrected chi connectivity index (χ0v) is 17.5. The molecule has 0 unspecified atom stereocenters. The maximum atomic E-state index is 13.0. The van der Waals surface area contributed by atoms with Crippen molar-refractivity contribution >= 4 is 22.5 Å². The highest BCUT2D eigenvalue weighted by Crippen LogP contribution is 2.34. The van der Waals surface area contributed by atoms with E-state index in [1.807, 2.05) is 36.4 Å². The molecule has 156 valence electrons. The van der Waals surface area contributed by atoms with Crippen LogP contribution in [0.1, 0.15) is 79.6 Å². The van der Waals surface area contributed by atoms with Gasteiger partial charge in [0.25, 0.3) is 5.91 Å². The SMILES string of the molecule is O=C(Nc1ccccc1C1CCCCCCCCC1)c1c[nH]c2ccccc2c1=O. The molecule has 1 aliphatic carbocycles. The fourth-order valence-corrected chi connectivity index (χ4v) is 4.61. The van der Waals surface area contributed by atoms with Crippen LogP contribution in [-0.2, 0) is 0 Å². The third-order valence-electron chi connectivity index (χ3n) is 6.29. The lowest BCUT2D eigenvalue weighted by molar-refractivity contribution is 0.102. The van der Waals surface area contributed by atoms with E-state index in [4.69, 9.17) is 0 Å². The van der Waals surface area contributed by atoms with Crippen LogP contribution >= 0.6 is 0 Å². The molecule has 1 fully saturated rings. The normalized spacial score (nSPS) is 16.3. The first kappa shape index (κ1) is 20.4. The molecule has 2 aromatic carbocycles. The zero-order valence-electron chi connectivity index (χ0n) is 17.5. The van der Waals surface area contributed by atoms with Crippen molar-refractivity contribution in [2.24, 2.45) is 0 Å². The van der Waals surface area contributed by atoms with Gasteiger partial charge in [-0.3, -0.25) is 9.59 Å². The van der Waals surface area contributed by atoms with Gasteiger partial charge < -0.3 is 10.3 Å². The molecule has 2 N–H and O–H groups in total. The number of carbonyl (C=O) groups is 1. The number of nitrogens with one attached hydrogen (secondary N) is 2. The third-order valence-corrected chi connectivity index (χ3v) is 6.29. The molecular weight excluding hydrogens is 372 g/mol. The highest BCUT2D eigenvalue weighted by atomic mass is 16.2. The van der Waals surface area contributed by atoms with Gasteiger partial charge >= 0.3 is 0 Å². The summed E-state index contributed by atoms with van der Waals surface area (Å²) in [4.78, 5) is 28.9. The Morgan fingerprint density at radius 3 is 2.23 bits per heavy atom. The average Bonchev–Trinajstić information content (AvgIpc) is 2.78. The fourth-order valence-electron chi connectivity index (χ4n) is 4.61. The Morgan fingerprint density at radius 2 is 1.47 bits per heavy atom. The van der Waals surface area contributed by atoms with Crippen LogP contribution < -0.4 is 10.7 Å². The predicted octanol–water partition coefficient (Wildman–Crippen LogP) is 6.39. The summed E-state index contributed by atoms with van der Waals surface area (Å²) in [6.07, 6.45) is 12.9. The molecule has 1 amide bonds. The molecule has 0 saturated heterocycles. The molecule has 0 spiro atoms. The minimum absolute atomic E-state index is 0.148. The van der Waals surface area contributed by atoms with Gasteiger partial charge in [0.05, 0.1) is 0 Å². The van der Waals surface area contributed by atoms with Crippen LogP contribution in [-0.4, -0.2) is 10.9 Å². The van der Waals surface area contributed by atoms with Gasteiger partial charge in [0, 0.05) is 22.8 Å². The van der Waals surface area contributed by atoms with Gasteiger partial charge in [-0.25, -0.2) is 0 Å². The standard InChI is InChI=1S/C26H30N2O2/c29-25-21-15-9-10-16-23(21)27-18-22(25)26(30)28-24-17-11-8-14-20(24)19-12-6-4-2-1-3-5-7-13-19/h8-11,14-19H,1-7,12-13H2,(H,27,29)(H,28,30). The van der Waals surface area contributed by atoms with E-state index in [2.05, 4.69) is 16.4 Å². The fraction of sp³-hybridized carbons (Fsp3) is 0.385. The summed E-state index contributed by atoms with van der Waals surface area (Å²) in [6, 6.07) is 15.4. The summed E-state index contributed by atoms with van der Waals surface area (Å²) in [6.45, 7) is 0. The number of hydrogen-bond donors (Lipinski definition) is 2. The van der Waals surface area contributed by atoms with Crippen molar-refractivity contribution in [1.82, 2.24) is 4.98 Å². The quantitative estimate of drug-likeness (QED) is 0.533. The molecule has 4 heteroatoms. The summed E-state index contributed by atoms with van der Waals surface area (Å²) in [5.41, 5.74) is 2.68. The largest absolute Gasteiger partial charge is 0.360 e. The lowest BCUT2D eigenvalue weighted by atomic mass is 9.86. The second-order valence-electron chi connectivity index (χ2n) is 8.37. The lowest BCUT2D eigenvalue weighted by Crippen LogP contribution is -2.22. The minimum atomic E-state index is -0.352. The van der Waals surface area contributed by atoms with Gasteiger partial charge in [-0.1, -0.05) is 75.3 Å². The van der Waals surface area contributed by atoms with Crippen molar-refractivity contribution in [3.63, 3.8) is 0 Å². The molecule has 0 aliphatic heterocycles. The smallest absolute Gasteiger partial charge is 0.261 e. The van der Waals surface area contributed by atoms with E-state index in [1.54, 1.807) is 6.07 Å². The number of amides is 1. The maximum absolute atomic E-state index is 13.0. The maximum Gasteiger partial charge on any atom is 0.261 e. The van der Waals surface area contributed by atoms with Crippen LogP contribution in [0.5, 0.6) is 0 Å². The van der Waals surface area contributed by atoms with Crippen LogP contribution in [0.2, 0.25) is 0 Å². The summed E-state index contributed by atoms with van der Waals surface area (Å²) in [7, 11) is 0. The number of H-pyrrole nitrogens is 1. The molecule has 1 saturated carbocycles. The lowest BCUT2D eigenvalue weighted by Gasteiger charge is -2.22. The second-order valence-corrected chi connectivity index (χ2v) is 8.37.